The number of nitrogens with zero attached hydrogens (tertiary/aromatic N) is 2. The number of hydrogen-bond donors (Lipinski definition) is 2. The summed E-state index contributed by atoms with van der Waals surface area (Å²) in [6, 6.07) is 27.2. The molecule has 0 saturated carbocycles. The van der Waals surface area contributed by atoms with Crippen molar-refractivity contribution >= 4 is 23.2 Å². The van der Waals surface area contributed by atoms with E-state index in [9.17, 15) is 22.8 Å². The van der Waals surface area contributed by atoms with Gasteiger partial charge in [0.2, 0.25) is 5.91 Å². The normalized spacial score (nSPS) is 14.6. The maximum Gasteiger partial charge on any atom is 0.416 e. The molecule has 2 N–H and O–H groups in total. The summed E-state index contributed by atoms with van der Waals surface area (Å²) in [6.45, 7) is 7.28. The minimum Gasteiger partial charge on any atom is -0.369 e. The van der Waals surface area contributed by atoms with Gasteiger partial charge in [-0.05, 0) is 73.0 Å². The van der Waals surface area contributed by atoms with Crippen LogP contribution in [0.5, 0.6) is 0 Å². The quantitative estimate of drug-likeness (QED) is 0.230. The Hall–Kier alpha value is -4.63. The number of carbonyl (C=O) groups excluding carboxylic acids is 2. The van der Waals surface area contributed by atoms with Gasteiger partial charge in [-0.25, -0.2) is 0 Å². The number of halogens is 3. The van der Waals surface area contributed by atoms with Gasteiger partial charge >= 0.3 is 6.18 Å². The van der Waals surface area contributed by atoms with Gasteiger partial charge < -0.3 is 15.5 Å². The van der Waals surface area contributed by atoms with Gasteiger partial charge in [0.25, 0.3) is 5.91 Å². The molecule has 44 heavy (non-hydrogen) atoms. The van der Waals surface area contributed by atoms with E-state index in [1.807, 2.05) is 74.5 Å². The highest BCUT2D eigenvalue weighted by molar-refractivity contribution is 6.09. The molecule has 1 saturated heterocycles. The van der Waals surface area contributed by atoms with Gasteiger partial charge in [0.15, 0.2) is 0 Å². The van der Waals surface area contributed by atoms with Crippen LogP contribution < -0.4 is 15.5 Å². The van der Waals surface area contributed by atoms with Gasteiger partial charge in [-0.3, -0.25) is 14.5 Å². The second-order valence-electron chi connectivity index (χ2n) is 10.9. The third-order valence-corrected chi connectivity index (χ3v) is 7.83. The van der Waals surface area contributed by atoms with Gasteiger partial charge in [0.1, 0.15) is 6.04 Å². The van der Waals surface area contributed by atoms with Crippen LogP contribution in [0.3, 0.4) is 0 Å². The van der Waals surface area contributed by atoms with Crippen LogP contribution in [-0.2, 0) is 11.0 Å². The fraction of sp³-hybridized carbons (Fsp3) is 0.257. The first kappa shape index (κ1) is 30.8. The van der Waals surface area contributed by atoms with Crippen LogP contribution in [0.2, 0.25) is 0 Å². The third kappa shape index (κ3) is 7.11. The van der Waals surface area contributed by atoms with Crippen LogP contribution in [0.25, 0.3) is 11.1 Å². The third-order valence-electron chi connectivity index (χ3n) is 7.83. The Balaban J connectivity index is 1.25. The zero-order valence-electron chi connectivity index (χ0n) is 24.7. The Morgan fingerprint density at radius 2 is 1.50 bits per heavy atom. The SMILES string of the molecule is CCNC(=O)C(c1ccccc1)N1CCN(c2ccc(NC(=O)c3cc(C)ccc3-c3ccc(C(F)(F)F)cc3)cc2)CC1. The van der Waals surface area contributed by atoms with Crippen molar-refractivity contribution in [2.24, 2.45) is 0 Å². The Kier molecular flexibility index (Phi) is 9.35. The van der Waals surface area contributed by atoms with E-state index in [0.29, 0.717) is 28.9 Å². The fourth-order valence-electron chi connectivity index (χ4n) is 5.56. The highest BCUT2D eigenvalue weighted by Gasteiger charge is 2.31. The van der Waals surface area contributed by atoms with Crippen LogP contribution in [0.15, 0.2) is 97.1 Å². The molecule has 1 heterocycles. The van der Waals surface area contributed by atoms with Crippen molar-refractivity contribution in [3.05, 3.63) is 119 Å². The summed E-state index contributed by atoms with van der Waals surface area (Å²) in [6.07, 6.45) is -4.43. The van der Waals surface area contributed by atoms with Gasteiger partial charge in [-0.2, -0.15) is 13.2 Å². The monoisotopic (exact) mass is 600 g/mol. The molecule has 228 valence electrons. The molecule has 9 heteroatoms. The maximum absolute atomic E-state index is 13.4. The summed E-state index contributed by atoms with van der Waals surface area (Å²) in [5, 5.41) is 5.91. The van der Waals surface area contributed by atoms with Crippen molar-refractivity contribution in [2.75, 3.05) is 42.9 Å². The predicted molar refractivity (Wildman–Crippen MR) is 168 cm³/mol. The number of hydrogen-bond acceptors (Lipinski definition) is 4. The van der Waals surface area contributed by atoms with E-state index < -0.39 is 11.7 Å². The largest absolute Gasteiger partial charge is 0.416 e. The Labute approximate surface area is 255 Å². The Bertz CT molecular complexity index is 1580. The molecule has 1 atom stereocenters. The molecule has 1 aliphatic heterocycles. The molecule has 2 amide bonds. The summed E-state index contributed by atoms with van der Waals surface area (Å²) < 4.78 is 39.2. The summed E-state index contributed by atoms with van der Waals surface area (Å²) in [4.78, 5) is 30.8. The summed E-state index contributed by atoms with van der Waals surface area (Å²) >= 11 is 0. The first-order valence-corrected chi connectivity index (χ1v) is 14.7. The standard InChI is InChI=1S/C35H35F3N4O2/c1-3-39-34(44)32(26-7-5-4-6-8-26)42-21-19-41(20-22-42)29-16-14-28(15-17-29)40-33(43)31-23-24(2)9-18-30(31)25-10-12-27(13-11-25)35(36,37)38/h4-18,23,32H,3,19-22H2,1-2H3,(H,39,44)(H,40,43). The molecular formula is C35H35F3N4O2. The average Bonchev–Trinajstić information content (AvgIpc) is 3.02. The maximum atomic E-state index is 13.4. The van der Waals surface area contributed by atoms with Crippen molar-refractivity contribution in [1.82, 2.24) is 10.2 Å². The highest BCUT2D eigenvalue weighted by atomic mass is 19.4. The van der Waals surface area contributed by atoms with E-state index in [1.165, 1.54) is 12.1 Å². The van der Waals surface area contributed by atoms with E-state index in [4.69, 9.17) is 0 Å². The van der Waals surface area contributed by atoms with Crippen LogP contribution in [0, 0.1) is 6.92 Å². The van der Waals surface area contributed by atoms with Crippen LogP contribution in [0.4, 0.5) is 24.5 Å². The number of benzene rings is 4. The lowest BCUT2D eigenvalue weighted by molar-refractivity contribution is -0.137. The van der Waals surface area contributed by atoms with Crippen LogP contribution in [0.1, 0.15) is 40.0 Å². The summed E-state index contributed by atoms with van der Waals surface area (Å²) in [5.41, 5.74) is 4.18. The summed E-state index contributed by atoms with van der Waals surface area (Å²) in [5.74, 6) is -0.343. The van der Waals surface area contributed by atoms with Crippen molar-refractivity contribution in [3.8, 4) is 11.1 Å². The molecular weight excluding hydrogens is 565 g/mol. The van der Waals surface area contributed by atoms with Gasteiger partial charge in [-0.15, -0.1) is 0 Å². The first-order valence-electron chi connectivity index (χ1n) is 14.7. The number of nitrogens with one attached hydrogen (secondary N) is 2. The number of piperazine rings is 1. The number of aryl methyl sites for hydroxylation is 1. The van der Waals surface area contributed by atoms with Gasteiger partial charge in [0, 0.05) is 49.7 Å². The number of likely N-dealkylation sites (N-methyl/N-ethyl adjacent to an activating group) is 1. The van der Waals surface area contributed by atoms with E-state index >= 15 is 0 Å². The van der Waals surface area contributed by atoms with E-state index in [-0.39, 0.29) is 17.9 Å². The summed E-state index contributed by atoms with van der Waals surface area (Å²) in [7, 11) is 0. The smallest absolute Gasteiger partial charge is 0.369 e. The number of rotatable bonds is 8. The lowest BCUT2D eigenvalue weighted by atomic mass is 9.96. The second kappa shape index (κ2) is 13.3. The average molecular weight is 601 g/mol. The molecule has 4 aromatic rings. The minimum atomic E-state index is -4.43. The molecule has 5 rings (SSSR count). The molecule has 1 fully saturated rings. The van der Waals surface area contributed by atoms with Gasteiger partial charge in [0.05, 0.1) is 5.56 Å². The number of alkyl halides is 3. The van der Waals surface area contributed by atoms with Crippen molar-refractivity contribution in [2.45, 2.75) is 26.1 Å². The minimum absolute atomic E-state index is 0.00216. The van der Waals surface area contributed by atoms with E-state index in [2.05, 4.69) is 20.4 Å². The number of amides is 2. The number of anilines is 2. The molecule has 1 unspecified atom stereocenters. The molecule has 0 radical (unpaired) electrons. The van der Waals surface area contributed by atoms with Crippen molar-refractivity contribution in [3.63, 3.8) is 0 Å². The highest BCUT2D eigenvalue weighted by Crippen LogP contribution is 2.33. The lowest BCUT2D eigenvalue weighted by Crippen LogP contribution is -2.51. The predicted octanol–water partition coefficient (Wildman–Crippen LogP) is 6.93. The zero-order chi connectivity index (χ0) is 31.3. The lowest BCUT2D eigenvalue weighted by Gasteiger charge is -2.39. The second-order valence-corrected chi connectivity index (χ2v) is 10.9. The van der Waals surface area contributed by atoms with Crippen molar-refractivity contribution in [1.29, 1.82) is 0 Å². The van der Waals surface area contributed by atoms with Crippen LogP contribution >= 0.6 is 0 Å². The molecule has 0 aromatic heterocycles. The molecule has 4 aromatic carbocycles. The van der Waals surface area contributed by atoms with E-state index in [1.54, 1.807) is 12.1 Å². The van der Waals surface area contributed by atoms with Crippen LogP contribution in [-0.4, -0.2) is 49.4 Å². The topological polar surface area (TPSA) is 64.7 Å². The zero-order valence-corrected chi connectivity index (χ0v) is 24.7. The molecule has 0 spiro atoms. The Morgan fingerprint density at radius 3 is 2.11 bits per heavy atom. The molecule has 0 bridgehead atoms. The molecule has 1 aliphatic rings. The molecule has 0 aliphatic carbocycles. The van der Waals surface area contributed by atoms with Crippen molar-refractivity contribution < 1.29 is 22.8 Å². The van der Waals surface area contributed by atoms with E-state index in [0.717, 1.165) is 55.1 Å². The first-order chi connectivity index (χ1) is 21.1. The van der Waals surface area contributed by atoms with Gasteiger partial charge in [-0.1, -0.05) is 60.2 Å². The Morgan fingerprint density at radius 1 is 0.841 bits per heavy atom. The number of carbonyl (C=O) groups is 2. The fourth-order valence-corrected chi connectivity index (χ4v) is 5.56. The molecule has 6 nitrogen and oxygen atoms in total.